The third kappa shape index (κ3) is 2.68. The van der Waals surface area contributed by atoms with Crippen LogP contribution in [0.4, 0.5) is 8.78 Å². The van der Waals surface area contributed by atoms with Gasteiger partial charge in [-0.25, -0.2) is 8.78 Å². The van der Waals surface area contributed by atoms with Crippen LogP contribution >= 0.6 is 11.8 Å². The van der Waals surface area contributed by atoms with Crippen molar-refractivity contribution in [2.24, 2.45) is 0 Å². The first-order valence-electron chi connectivity index (χ1n) is 5.62. The average molecular weight is 256 g/mol. The molecule has 0 bridgehead atoms. The van der Waals surface area contributed by atoms with E-state index in [9.17, 15) is 13.6 Å². The van der Waals surface area contributed by atoms with Crippen molar-refractivity contribution >= 4 is 17.5 Å². The van der Waals surface area contributed by atoms with Crippen LogP contribution in [0.15, 0.2) is 18.2 Å². The fourth-order valence-corrected chi connectivity index (χ4v) is 3.29. The minimum Gasteiger partial charge on any atom is -0.298 e. The summed E-state index contributed by atoms with van der Waals surface area (Å²) in [6.45, 7) is 1.91. The molecule has 0 saturated carbocycles. The van der Waals surface area contributed by atoms with Gasteiger partial charge in [-0.2, -0.15) is 0 Å². The summed E-state index contributed by atoms with van der Waals surface area (Å²) in [5.74, 6) is -0.232. The zero-order chi connectivity index (χ0) is 12.5. The van der Waals surface area contributed by atoms with Crippen molar-refractivity contribution in [1.29, 1.82) is 0 Å². The highest BCUT2D eigenvalue weighted by molar-refractivity contribution is 8.01. The number of benzene rings is 1. The maximum atomic E-state index is 13.4. The Hall–Kier alpha value is -0.900. The monoisotopic (exact) mass is 256 g/mol. The van der Waals surface area contributed by atoms with E-state index in [1.54, 1.807) is 11.8 Å². The van der Waals surface area contributed by atoms with Crippen molar-refractivity contribution < 1.29 is 13.6 Å². The lowest BCUT2D eigenvalue weighted by atomic mass is 9.95. The molecule has 2 rings (SSSR count). The summed E-state index contributed by atoms with van der Waals surface area (Å²) in [5.41, 5.74) is 0.283. The summed E-state index contributed by atoms with van der Waals surface area (Å²) < 4.78 is 25.8. The smallest absolute Gasteiger partial charge is 0.153 e. The number of Topliss-reactive ketones (excluding diaryl/α,β-unsaturated/α-hetero) is 1. The zero-order valence-electron chi connectivity index (χ0n) is 9.63. The summed E-state index contributed by atoms with van der Waals surface area (Å²) in [4.78, 5) is 12.1. The molecule has 1 saturated heterocycles. The van der Waals surface area contributed by atoms with Gasteiger partial charge in [-0.1, -0.05) is 6.07 Å². The van der Waals surface area contributed by atoms with Crippen molar-refractivity contribution in [3.63, 3.8) is 0 Å². The molecular weight excluding hydrogens is 242 g/mol. The van der Waals surface area contributed by atoms with Gasteiger partial charge in [0.25, 0.3) is 0 Å². The summed E-state index contributed by atoms with van der Waals surface area (Å²) in [6, 6.07) is 3.37. The Kier molecular flexibility index (Phi) is 3.52. The molecule has 1 fully saturated rings. The molecule has 1 heterocycles. The molecule has 0 amide bonds. The highest BCUT2D eigenvalue weighted by Crippen LogP contribution is 2.39. The molecular formula is C13H14F2OS. The molecule has 1 unspecified atom stereocenters. The van der Waals surface area contributed by atoms with Gasteiger partial charge in [0.1, 0.15) is 11.6 Å². The van der Waals surface area contributed by atoms with Crippen molar-refractivity contribution in [3.05, 3.63) is 35.4 Å². The van der Waals surface area contributed by atoms with Gasteiger partial charge < -0.3 is 0 Å². The summed E-state index contributed by atoms with van der Waals surface area (Å²) in [6.07, 6.45) is 1.92. The molecule has 0 radical (unpaired) electrons. The highest BCUT2D eigenvalue weighted by Gasteiger charge is 2.36. The maximum Gasteiger partial charge on any atom is 0.153 e. The Morgan fingerprint density at radius 3 is 2.82 bits per heavy atom. The van der Waals surface area contributed by atoms with Crippen LogP contribution < -0.4 is 0 Å². The van der Waals surface area contributed by atoms with E-state index in [1.165, 1.54) is 12.1 Å². The molecule has 92 valence electrons. The first-order chi connectivity index (χ1) is 8.01. The predicted octanol–water partition coefficient (Wildman–Crippen LogP) is 3.36. The minimum atomic E-state index is -0.634. The van der Waals surface area contributed by atoms with E-state index in [0.717, 1.165) is 24.7 Å². The molecule has 0 spiro atoms. The van der Waals surface area contributed by atoms with Gasteiger partial charge in [-0.15, -0.1) is 11.8 Å². The Morgan fingerprint density at radius 1 is 1.47 bits per heavy atom. The van der Waals surface area contributed by atoms with Gasteiger partial charge in [0.2, 0.25) is 0 Å². The second kappa shape index (κ2) is 4.77. The molecule has 0 aromatic heterocycles. The lowest BCUT2D eigenvalue weighted by molar-refractivity contribution is -0.120. The molecule has 1 nitrogen and oxygen atoms in total. The van der Waals surface area contributed by atoms with Crippen LogP contribution in [0.1, 0.15) is 25.3 Å². The second-order valence-corrected chi connectivity index (χ2v) is 6.12. The number of ketones is 1. The van der Waals surface area contributed by atoms with Crippen LogP contribution in [-0.2, 0) is 11.2 Å². The molecule has 1 aromatic carbocycles. The number of halogens is 2. The lowest BCUT2D eigenvalue weighted by Crippen LogP contribution is -2.30. The van der Waals surface area contributed by atoms with Crippen LogP contribution in [0.25, 0.3) is 0 Å². The Bertz CT molecular complexity index is 439. The third-order valence-corrected chi connectivity index (χ3v) is 4.74. The Balaban J connectivity index is 2.13. The second-order valence-electron chi connectivity index (χ2n) is 4.52. The quantitative estimate of drug-likeness (QED) is 0.825. The van der Waals surface area contributed by atoms with Gasteiger partial charge in [-0.3, -0.25) is 4.79 Å². The number of rotatable bonds is 3. The highest BCUT2D eigenvalue weighted by atomic mass is 32.2. The molecule has 1 atom stereocenters. The van der Waals surface area contributed by atoms with E-state index in [-0.39, 0.29) is 22.5 Å². The summed E-state index contributed by atoms with van der Waals surface area (Å²) in [7, 11) is 0. The summed E-state index contributed by atoms with van der Waals surface area (Å²) >= 11 is 1.63. The van der Waals surface area contributed by atoms with Gasteiger partial charge in [0, 0.05) is 12.5 Å². The molecule has 0 aliphatic carbocycles. The molecule has 0 N–H and O–H groups in total. The first kappa shape index (κ1) is 12.6. The third-order valence-electron chi connectivity index (χ3n) is 3.17. The van der Waals surface area contributed by atoms with E-state index >= 15 is 0 Å². The molecule has 1 aliphatic rings. The van der Waals surface area contributed by atoms with Crippen LogP contribution in [0.2, 0.25) is 0 Å². The van der Waals surface area contributed by atoms with Gasteiger partial charge in [-0.05, 0) is 37.1 Å². The van der Waals surface area contributed by atoms with E-state index in [0.29, 0.717) is 0 Å². The maximum absolute atomic E-state index is 13.4. The normalized spacial score (nSPS) is 23.9. The van der Waals surface area contributed by atoms with Crippen LogP contribution in [0.5, 0.6) is 0 Å². The predicted molar refractivity (Wildman–Crippen MR) is 65.2 cm³/mol. The summed E-state index contributed by atoms with van der Waals surface area (Å²) in [5, 5.41) is 0. The lowest BCUT2D eigenvalue weighted by Gasteiger charge is -2.20. The minimum absolute atomic E-state index is 0.0329. The fraction of sp³-hybridized carbons (Fsp3) is 0.462. The first-order valence-corrected chi connectivity index (χ1v) is 6.61. The molecule has 4 heteroatoms. The fourth-order valence-electron chi connectivity index (χ4n) is 2.02. The van der Waals surface area contributed by atoms with E-state index in [4.69, 9.17) is 0 Å². The molecule has 17 heavy (non-hydrogen) atoms. The van der Waals surface area contributed by atoms with Crippen molar-refractivity contribution in [2.45, 2.75) is 30.9 Å². The van der Waals surface area contributed by atoms with Crippen LogP contribution in [0, 0.1) is 11.6 Å². The topological polar surface area (TPSA) is 17.1 Å². The number of carbonyl (C=O) groups is 1. The number of carbonyl (C=O) groups excluding carboxylic acids is 1. The molecule has 1 aromatic rings. The van der Waals surface area contributed by atoms with Crippen LogP contribution in [0.3, 0.4) is 0 Å². The van der Waals surface area contributed by atoms with E-state index < -0.39 is 11.6 Å². The van der Waals surface area contributed by atoms with Crippen molar-refractivity contribution in [3.8, 4) is 0 Å². The number of thioether (sulfide) groups is 1. The average Bonchev–Trinajstić information content (AvgIpc) is 2.71. The van der Waals surface area contributed by atoms with Gasteiger partial charge in [0.05, 0.1) is 4.75 Å². The standard InChI is InChI=1S/C13H14F2OS/c1-13(5-2-6-17-13)12(16)7-9-3-4-10(14)8-11(9)15/h3-4,8H,2,5-7H2,1H3. The van der Waals surface area contributed by atoms with E-state index in [1.807, 2.05) is 6.92 Å². The number of hydrogen-bond donors (Lipinski definition) is 0. The largest absolute Gasteiger partial charge is 0.298 e. The number of hydrogen-bond acceptors (Lipinski definition) is 2. The van der Waals surface area contributed by atoms with Crippen molar-refractivity contribution in [1.82, 2.24) is 0 Å². The van der Waals surface area contributed by atoms with E-state index in [2.05, 4.69) is 0 Å². The SMILES string of the molecule is CC1(C(=O)Cc2ccc(F)cc2F)CCCS1. The van der Waals surface area contributed by atoms with Crippen molar-refractivity contribution in [2.75, 3.05) is 5.75 Å². The van der Waals surface area contributed by atoms with Crippen LogP contribution in [-0.4, -0.2) is 16.3 Å². The zero-order valence-corrected chi connectivity index (χ0v) is 10.4. The van der Waals surface area contributed by atoms with Gasteiger partial charge in [0.15, 0.2) is 5.78 Å². The van der Waals surface area contributed by atoms with Gasteiger partial charge >= 0.3 is 0 Å². The Morgan fingerprint density at radius 2 is 2.24 bits per heavy atom. The Labute approximate surface area is 104 Å². The molecule has 1 aliphatic heterocycles.